The molecule has 0 fully saturated rings. The quantitative estimate of drug-likeness (QED) is 0.752. The van der Waals surface area contributed by atoms with E-state index in [0.717, 1.165) is 47.4 Å². The number of anilines is 1. The van der Waals surface area contributed by atoms with Crippen molar-refractivity contribution in [3.8, 4) is 28.4 Å². The molecule has 0 unspecified atom stereocenters. The molecule has 3 heterocycles. The molecule has 0 atom stereocenters. The summed E-state index contributed by atoms with van der Waals surface area (Å²) in [5.74, 6) is 0.0694. The third kappa shape index (κ3) is 2.57. The number of carbonyl (C=O) groups is 1. The van der Waals surface area contributed by atoms with Crippen molar-refractivity contribution < 1.29 is 14.6 Å². The van der Waals surface area contributed by atoms with Gasteiger partial charge in [-0.25, -0.2) is 9.78 Å². The first kappa shape index (κ1) is 16.1. The van der Waals surface area contributed by atoms with Crippen LogP contribution in [0.4, 0.5) is 5.95 Å². The van der Waals surface area contributed by atoms with Crippen LogP contribution in [0, 0.1) is 6.92 Å². The van der Waals surface area contributed by atoms with Crippen LogP contribution in [-0.2, 0) is 6.54 Å². The van der Waals surface area contributed by atoms with Crippen molar-refractivity contribution in [1.82, 2.24) is 14.5 Å². The summed E-state index contributed by atoms with van der Waals surface area (Å²) >= 11 is 0. The molecule has 0 spiro atoms. The molecule has 0 bridgehead atoms. The van der Waals surface area contributed by atoms with Gasteiger partial charge in [0.1, 0.15) is 17.0 Å². The summed E-state index contributed by atoms with van der Waals surface area (Å²) in [5.41, 5.74) is 4.14. The van der Waals surface area contributed by atoms with Gasteiger partial charge in [0.2, 0.25) is 5.95 Å². The first-order valence-corrected chi connectivity index (χ1v) is 8.28. The monoisotopic (exact) mass is 350 g/mol. The highest BCUT2D eigenvalue weighted by atomic mass is 16.5. The number of hydrogen-bond acceptors (Lipinski definition) is 5. The van der Waals surface area contributed by atoms with Crippen LogP contribution in [0.1, 0.15) is 16.1 Å². The van der Waals surface area contributed by atoms with Crippen LogP contribution < -0.4 is 10.1 Å². The molecular formula is C19H18N4O3. The largest absolute Gasteiger partial charge is 0.496 e. The fourth-order valence-corrected chi connectivity index (χ4v) is 3.25. The molecule has 0 amide bonds. The van der Waals surface area contributed by atoms with Gasteiger partial charge >= 0.3 is 5.97 Å². The van der Waals surface area contributed by atoms with Crippen molar-refractivity contribution in [3.63, 3.8) is 0 Å². The highest BCUT2D eigenvalue weighted by molar-refractivity contribution is 5.93. The van der Waals surface area contributed by atoms with Crippen LogP contribution in [-0.4, -0.2) is 39.3 Å². The minimum absolute atomic E-state index is 0.120. The fourth-order valence-electron chi connectivity index (χ4n) is 3.25. The van der Waals surface area contributed by atoms with Crippen LogP contribution in [0.2, 0.25) is 0 Å². The van der Waals surface area contributed by atoms with E-state index >= 15 is 0 Å². The van der Waals surface area contributed by atoms with Gasteiger partial charge in [0.05, 0.1) is 18.5 Å². The van der Waals surface area contributed by atoms with E-state index < -0.39 is 5.97 Å². The number of rotatable bonds is 4. The average molecular weight is 350 g/mol. The molecule has 26 heavy (non-hydrogen) atoms. The van der Waals surface area contributed by atoms with Gasteiger partial charge in [0, 0.05) is 24.3 Å². The molecular weight excluding hydrogens is 332 g/mol. The van der Waals surface area contributed by atoms with E-state index in [4.69, 9.17) is 9.72 Å². The van der Waals surface area contributed by atoms with Gasteiger partial charge in [-0.15, -0.1) is 0 Å². The van der Waals surface area contributed by atoms with Gasteiger partial charge in [-0.1, -0.05) is 6.07 Å². The summed E-state index contributed by atoms with van der Waals surface area (Å²) in [6, 6.07) is 10.9. The predicted octanol–water partition coefficient (Wildman–Crippen LogP) is 3.05. The number of aryl methyl sites for hydroxylation is 1. The Morgan fingerprint density at radius 2 is 2.12 bits per heavy atom. The van der Waals surface area contributed by atoms with Crippen LogP contribution in [0.5, 0.6) is 5.75 Å². The molecule has 2 aromatic heterocycles. The lowest BCUT2D eigenvalue weighted by atomic mass is 10.0. The van der Waals surface area contributed by atoms with Gasteiger partial charge < -0.3 is 19.7 Å². The Morgan fingerprint density at radius 1 is 1.27 bits per heavy atom. The number of methoxy groups -OCH3 is 1. The van der Waals surface area contributed by atoms with Gasteiger partial charge in [-0.2, -0.15) is 0 Å². The van der Waals surface area contributed by atoms with E-state index in [2.05, 4.69) is 14.9 Å². The van der Waals surface area contributed by atoms with E-state index in [1.165, 1.54) is 7.11 Å². The Morgan fingerprint density at radius 3 is 2.85 bits per heavy atom. The molecule has 0 saturated carbocycles. The topological polar surface area (TPSA) is 89.3 Å². The number of imidazole rings is 1. The Kier molecular flexibility index (Phi) is 3.84. The Labute approximate surface area is 150 Å². The van der Waals surface area contributed by atoms with Crippen LogP contribution in [0.3, 0.4) is 0 Å². The van der Waals surface area contributed by atoms with Gasteiger partial charge in [-0.05, 0) is 37.3 Å². The molecule has 0 aliphatic carbocycles. The molecule has 4 rings (SSSR count). The molecule has 3 aromatic rings. The van der Waals surface area contributed by atoms with E-state index in [1.807, 2.05) is 31.2 Å². The highest BCUT2D eigenvalue weighted by Gasteiger charge is 2.25. The summed E-state index contributed by atoms with van der Waals surface area (Å²) in [4.78, 5) is 20.9. The second-order valence-electron chi connectivity index (χ2n) is 6.10. The number of nitrogens with zero attached hydrogens (tertiary/aromatic N) is 3. The summed E-state index contributed by atoms with van der Waals surface area (Å²) in [6.45, 7) is 3.48. The smallest absolute Gasteiger partial charge is 0.339 e. The zero-order valence-corrected chi connectivity index (χ0v) is 14.5. The number of hydrogen-bond donors (Lipinski definition) is 2. The fraction of sp³-hybridized carbons (Fsp3) is 0.211. The number of benzene rings is 1. The summed E-state index contributed by atoms with van der Waals surface area (Å²) in [7, 11) is 1.46. The van der Waals surface area contributed by atoms with Gasteiger partial charge in [0.15, 0.2) is 0 Å². The number of pyridine rings is 1. The lowest BCUT2D eigenvalue weighted by Gasteiger charge is -2.11. The first-order valence-electron chi connectivity index (χ1n) is 8.28. The molecule has 1 aromatic carbocycles. The van der Waals surface area contributed by atoms with Crippen molar-refractivity contribution >= 4 is 11.9 Å². The highest BCUT2D eigenvalue weighted by Crippen LogP contribution is 2.37. The zero-order chi connectivity index (χ0) is 18.3. The molecule has 7 heteroatoms. The third-order valence-electron chi connectivity index (χ3n) is 4.42. The second kappa shape index (κ2) is 6.18. The van der Waals surface area contributed by atoms with Crippen molar-refractivity contribution in [2.45, 2.75) is 13.5 Å². The summed E-state index contributed by atoms with van der Waals surface area (Å²) in [6.07, 6.45) is 0. The maximum absolute atomic E-state index is 11.6. The van der Waals surface area contributed by atoms with Crippen molar-refractivity contribution in [3.05, 3.63) is 47.7 Å². The molecule has 1 aliphatic heterocycles. The Balaban J connectivity index is 1.94. The van der Waals surface area contributed by atoms with E-state index in [9.17, 15) is 9.90 Å². The number of aromatic nitrogens is 3. The normalized spacial score (nSPS) is 12.5. The van der Waals surface area contributed by atoms with E-state index in [1.54, 1.807) is 12.1 Å². The number of carboxylic acids is 1. The third-order valence-corrected chi connectivity index (χ3v) is 4.42. The SMILES string of the molecule is COc1ccc(-c2c(-c3cccc(C)n3)nc3n2CCN3)cc1C(=O)O. The molecule has 0 radical (unpaired) electrons. The Hall–Kier alpha value is -3.35. The molecule has 0 saturated heterocycles. The predicted molar refractivity (Wildman–Crippen MR) is 97.6 cm³/mol. The standard InChI is InChI=1S/C19H18N4O3/c1-11-4-3-5-14(21-11)16-17(23-9-8-20-19(23)22-16)12-6-7-15(26-2)13(10-12)18(24)25/h3-7,10H,8-9H2,1-2H3,(H,20,22)(H,24,25). The zero-order valence-electron chi connectivity index (χ0n) is 14.5. The first-order chi connectivity index (χ1) is 12.6. The van der Waals surface area contributed by atoms with E-state index in [0.29, 0.717) is 5.75 Å². The Bertz CT molecular complexity index is 1010. The molecule has 1 aliphatic rings. The van der Waals surface area contributed by atoms with Crippen LogP contribution >= 0.6 is 0 Å². The molecule has 7 nitrogen and oxygen atoms in total. The average Bonchev–Trinajstić information content (AvgIpc) is 3.22. The molecule has 132 valence electrons. The number of aromatic carboxylic acids is 1. The number of carboxylic acid groups (broad SMARTS) is 1. The van der Waals surface area contributed by atoms with Crippen molar-refractivity contribution in [2.75, 3.05) is 19.0 Å². The van der Waals surface area contributed by atoms with Gasteiger partial charge in [-0.3, -0.25) is 4.98 Å². The molecule has 2 N–H and O–H groups in total. The summed E-state index contributed by atoms with van der Waals surface area (Å²) < 4.78 is 7.24. The van der Waals surface area contributed by atoms with Gasteiger partial charge in [0.25, 0.3) is 0 Å². The van der Waals surface area contributed by atoms with Crippen molar-refractivity contribution in [2.24, 2.45) is 0 Å². The minimum atomic E-state index is -1.03. The van der Waals surface area contributed by atoms with Crippen LogP contribution in [0.15, 0.2) is 36.4 Å². The lowest BCUT2D eigenvalue weighted by molar-refractivity contribution is 0.0693. The number of fused-ring (bicyclic) bond motifs is 1. The minimum Gasteiger partial charge on any atom is -0.496 e. The maximum atomic E-state index is 11.6. The van der Waals surface area contributed by atoms with Crippen molar-refractivity contribution in [1.29, 1.82) is 0 Å². The number of nitrogens with one attached hydrogen (secondary N) is 1. The maximum Gasteiger partial charge on any atom is 0.339 e. The second-order valence-corrected chi connectivity index (χ2v) is 6.10. The lowest BCUT2D eigenvalue weighted by Crippen LogP contribution is -2.03. The summed E-state index contributed by atoms with van der Waals surface area (Å²) in [5, 5.41) is 12.8. The van der Waals surface area contributed by atoms with E-state index in [-0.39, 0.29) is 5.56 Å². The number of ether oxygens (including phenoxy) is 1. The van der Waals surface area contributed by atoms with Crippen LogP contribution in [0.25, 0.3) is 22.6 Å².